The molecule has 0 unspecified atom stereocenters. The Morgan fingerprint density at radius 2 is 1.55 bits per heavy atom. The summed E-state index contributed by atoms with van der Waals surface area (Å²) in [5, 5.41) is 10.4. The number of carbonyl (C=O) groups excluding carboxylic acids is 1. The van der Waals surface area contributed by atoms with E-state index in [-0.39, 0.29) is 12.0 Å². The average molecular weight is 397 g/mol. The van der Waals surface area contributed by atoms with Gasteiger partial charge in [0.25, 0.3) is 5.91 Å². The van der Waals surface area contributed by atoms with Crippen LogP contribution in [0.3, 0.4) is 0 Å². The van der Waals surface area contributed by atoms with E-state index < -0.39 is 12.2 Å². The molecule has 1 N–H and O–H groups in total. The van der Waals surface area contributed by atoms with Gasteiger partial charge in [-0.25, -0.2) is 0 Å². The number of benzene rings is 2. The largest absolute Gasteiger partial charge is 0.390 e. The lowest BCUT2D eigenvalue weighted by molar-refractivity contribution is -0.167. The fourth-order valence-corrected chi connectivity index (χ4v) is 3.80. The SMILES string of the molecule is CN(CC[C@@H]1CC[C@H](O)[C@@H](C(=O)N(C)Cc2ccccc2)O1)Cc1ccccc1. The second-order valence-electron chi connectivity index (χ2n) is 8.02. The first-order valence-corrected chi connectivity index (χ1v) is 10.4. The summed E-state index contributed by atoms with van der Waals surface area (Å²) in [6.07, 6.45) is 0.717. The first-order chi connectivity index (χ1) is 14.0. The Kier molecular flexibility index (Phi) is 7.81. The minimum Gasteiger partial charge on any atom is -0.390 e. The van der Waals surface area contributed by atoms with Crippen LogP contribution in [0.4, 0.5) is 0 Å². The Balaban J connectivity index is 1.49. The molecular weight excluding hydrogens is 364 g/mol. The van der Waals surface area contributed by atoms with Gasteiger partial charge in [0, 0.05) is 26.7 Å². The van der Waals surface area contributed by atoms with Crippen LogP contribution < -0.4 is 0 Å². The second kappa shape index (κ2) is 10.5. The van der Waals surface area contributed by atoms with Crippen LogP contribution in [0.2, 0.25) is 0 Å². The van der Waals surface area contributed by atoms with E-state index in [1.54, 1.807) is 11.9 Å². The molecule has 1 amide bonds. The molecule has 29 heavy (non-hydrogen) atoms. The number of nitrogens with zero attached hydrogens (tertiary/aromatic N) is 2. The lowest BCUT2D eigenvalue weighted by atomic mass is 9.98. The average Bonchev–Trinajstić information content (AvgIpc) is 2.74. The van der Waals surface area contributed by atoms with Crippen LogP contribution in [0.5, 0.6) is 0 Å². The highest BCUT2D eigenvalue weighted by molar-refractivity contribution is 5.81. The fourth-order valence-electron chi connectivity index (χ4n) is 3.80. The molecule has 1 heterocycles. The highest BCUT2D eigenvalue weighted by Gasteiger charge is 2.36. The predicted molar refractivity (Wildman–Crippen MR) is 114 cm³/mol. The molecule has 2 aromatic carbocycles. The molecule has 3 rings (SSSR count). The minimum absolute atomic E-state index is 0.00398. The number of likely N-dealkylation sites (N-methyl/N-ethyl adjacent to an activating group) is 1. The Morgan fingerprint density at radius 1 is 0.966 bits per heavy atom. The molecule has 1 fully saturated rings. The number of aliphatic hydroxyl groups is 1. The van der Waals surface area contributed by atoms with Gasteiger partial charge in [-0.05, 0) is 37.4 Å². The van der Waals surface area contributed by atoms with Gasteiger partial charge in [0.05, 0.1) is 12.2 Å². The molecule has 156 valence electrons. The summed E-state index contributed by atoms with van der Waals surface area (Å²) in [6.45, 7) is 2.28. The number of amides is 1. The molecule has 1 aliphatic rings. The van der Waals surface area contributed by atoms with Crippen LogP contribution >= 0.6 is 0 Å². The highest BCUT2D eigenvalue weighted by Crippen LogP contribution is 2.24. The smallest absolute Gasteiger partial charge is 0.254 e. The zero-order valence-corrected chi connectivity index (χ0v) is 17.4. The molecule has 5 nitrogen and oxygen atoms in total. The van der Waals surface area contributed by atoms with Gasteiger partial charge in [-0.15, -0.1) is 0 Å². The van der Waals surface area contributed by atoms with Crippen LogP contribution in [0.1, 0.15) is 30.4 Å². The highest BCUT2D eigenvalue weighted by atomic mass is 16.5. The molecule has 0 radical (unpaired) electrons. The third kappa shape index (κ3) is 6.39. The van der Waals surface area contributed by atoms with Crippen LogP contribution in [0, 0.1) is 0 Å². The van der Waals surface area contributed by atoms with Crippen molar-refractivity contribution in [1.82, 2.24) is 9.80 Å². The molecule has 2 aromatic rings. The predicted octanol–water partition coefficient (Wildman–Crippen LogP) is 3.08. The van der Waals surface area contributed by atoms with E-state index in [2.05, 4.69) is 36.2 Å². The van der Waals surface area contributed by atoms with Gasteiger partial charge in [-0.2, -0.15) is 0 Å². The van der Waals surface area contributed by atoms with E-state index in [1.807, 2.05) is 36.4 Å². The Bertz CT molecular complexity index is 753. The molecule has 0 saturated carbocycles. The summed E-state index contributed by atoms with van der Waals surface area (Å²) >= 11 is 0. The van der Waals surface area contributed by atoms with Crippen LogP contribution in [0.25, 0.3) is 0 Å². The Hall–Kier alpha value is -2.21. The topological polar surface area (TPSA) is 53.0 Å². The first kappa shape index (κ1) is 21.5. The maximum atomic E-state index is 12.9. The molecule has 1 aliphatic heterocycles. The molecule has 0 bridgehead atoms. The van der Waals surface area contributed by atoms with Crippen LogP contribution in [-0.2, 0) is 22.6 Å². The lowest BCUT2D eigenvalue weighted by Crippen LogP contribution is -2.49. The Labute approximate surface area is 173 Å². The number of hydrogen-bond donors (Lipinski definition) is 1. The summed E-state index contributed by atoms with van der Waals surface area (Å²) in [7, 11) is 3.86. The van der Waals surface area contributed by atoms with E-state index in [0.29, 0.717) is 13.0 Å². The third-order valence-corrected chi connectivity index (χ3v) is 5.48. The third-order valence-electron chi connectivity index (χ3n) is 5.48. The van der Waals surface area contributed by atoms with Crippen molar-refractivity contribution < 1.29 is 14.6 Å². The minimum atomic E-state index is -0.776. The van der Waals surface area contributed by atoms with Crippen LogP contribution in [-0.4, -0.2) is 59.8 Å². The standard InChI is InChI=1S/C24H32N2O3/c1-25(17-19-9-5-3-6-10-19)16-15-21-13-14-22(27)23(29-21)24(28)26(2)18-20-11-7-4-8-12-20/h3-12,21-23,27H,13-18H2,1-2H3/t21-,22-,23-/m0/s1. The zero-order chi connectivity index (χ0) is 20.6. The second-order valence-corrected chi connectivity index (χ2v) is 8.02. The molecule has 5 heteroatoms. The van der Waals surface area contributed by atoms with Crippen molar-refractivity contribution in [3.63, 3.8) is 0 Å². The van der Waals surface area contributed by atoms with Crippen molar-refractivity contribution >= 4 is 5.91 Å². The maximum absolute atomic E-state index is 12.9. The van der Waals surface area contributed by atoms with E-state index in [9.17, 15) is 9.90 Å². The Morgan fingerprint density at radius 3 is 2.17 bits per heavy atom. The van der Waals surface area contributed by atoms with E-state index in [1.165, 1.54) is 5.56 Å². The van der Waals surface area contributed by atoms with Crippen molar-refractivity contribution in [3.8, 4) is 0 Å². The van der Waals surface area contributed by atoms with Gasteiger partial charge in [-0.3, -0.25) is 4.79 Å². The summed E-state index contributed by atoms with van der Waals surface area (Å²) in [4.78, 5) is 16.8. The van der Waals surface area contributed by atoms with E-state index in [4.69, 9.17) is 4.74 Å². The molecule has 0 spiro atoms. The molecule has 0 aromatic heterocycles. The normalized spacial score (nSPS) is 21.9. The van der Waals surface area contributed by atoms with Gasteiger partial charge < -0.3 is 19.6 Å². The molecule has 0 aliphatic carbocycles. The number of aliphatic hydroxyl groups excluding tert-OH is 1. The summed E-state index contributed by atoms with van der Waals surface area (Å²) in [6, 6.07) is 20.2. The molecule has 1 saturated heterocycles. The monoisotopic (exact) mass is 396 g/mol. The van der Waals surface area contributed by atoms with Crippen molar-refractivity contribution in [2.45, 2.75) is 50.7 Å². The van der Waals surface area contributed by atoms with Gasteiger partial charge in [-0.1, -0.05) is 60.7 Å². The number of rotatable bonds is 8. The van der Waals surface area contributed by atoms with E-state index >= 15 is 0 Å². The van der Waals surface area contributed by atoms with Gasteiger partial charge in [0.2, 0.25) is 0 Å². The van der Waals surface area contributed by atoms with Crippen molar-refractivity contribution in [1.29, 1.82) is 0 Å². The zero-order valence-electron chi connectivity index (χ0n) is 17.4. The molecule has 3 atom stereocenters. The van der Waals surface area contributed by atoms with E-state index in [0.717, 1.165) is 31.5 Å². The first-order valence-electron chi connectivity index (χ1n) is 10.4. The van der Waals surface area contributed by atoms with Gasteiger partial charge >= 0.3 is 0 Å². The van der Waals surface area contributed by atoms with Crippen molar-refractivity contribution in [2.24, 2.45) is 0 Å². The van der Waals surface area contributed by atoms with Crippen molar-refractivity contribution in [3.05, 3.63) is 71.8 Å². The number of carbonyl (C=O) groups is 1. The van der Waals surface area contributed by atoms with Gasteiger partial charge in [0.1, 0.15) is 0 Å². The van der Waals surface area contributed by atoms with Gasteiger partial charge in [0.15, 0.2) is 6.10 Å². The summed E-state index contributed by atoms with van der Waals surface area (Å²) in [5.74, 6) is -0.149. The number of hydrogen-bond acceptors (Lipinski definition) is 4. The lowest BCUT2D eigenvalue weighted by Gasteiger charge is -2.35. The number of ether oxygens (including phenoxy) is 1. The van der Waals surface area contributed by atoms with Crippen molar-refractivity contribution in [2.75, 3.05) is 20.6 Å². The molecular formula is C24H32N2O3. The maximum Gasteiger partial charge on any atom is 0.254 e. The summed E-state index contributed by atoms with van der Waals surface area (Å²) in [5.41, 5.74) is 2.35. The fraction of sp³-hybridized carbons (Fsp3) is 0.458. The quantitative estimate of drug-likeness (QED) is 0.745. The van der Waals surface area contributed by atoms with Crippen LogP contribution in [0.15, 0.2) is 60.7 Å². The summed E-state index contributed by atoms with van der Waals surface area (Å²) < 4.78 is 6.05.